The lowest BCUT2D eigenvalue weighted by Gasteiger charge is -2.21. The monoisotopic (exact) mass is 1510 g/mol. The van der Waals surface area contributed by atoms with Crippen molar-refractivity contribution in [3.05, 3.63) is 158 Å². The van der Waals surface area contributed by atoms with Crippen LogP contribution in [0.5, 0.6) is 0 Å². The number of hydrogen-bond acceptors (Lipinski definition) is 14. The van der Waals surface area contributed by atoms with Gasteiger partial charge in [-0.05, 0) is 148 Å². The van der Waals surface area contributed by atoms with E-state index < -0.39 is 91.5 Å². The second-order valence-corrected chi connectivity index (χ2v) is 29.7. The van der Waals surface area contributed by atoms with Crippen LogP contribution in [0.15, 0.2) is 158 Å². The SMILES string of the molecule is CC/C=C\C/C=C\C/C=C\C/C=C\C/C=C\C/C=C\CCCCCCCCCCCCCCCCC(=O)OCC(O)COP(=O)(O)OCC(O)COP(=O)(O)OCC(COC(=O)CCCC/C=C\C/C=C\C/C=C\C/C=C\C/C=C\C/C=C\CC)OC(=O)CCCCCCC/C=C\CCCCCCCC. The van der Waals surface area contributed by atoms with Crippen molar-refractivity contribution in [1.29, 1.82) is 0 Å². The molecule has 0 rings (SSSR count). The molecule has 0 bridgehead atoms. The van der Waals surface area contributed by atoms with Crippen LogP contribution in [0, 0.1) is 0 Å². The maximum absolute atomic E-state index is 13.0. The summed E-state index contributed by atoms with van der Waals surface area (Å²) in [6.45, 7) is 2.39. The smallest absolute Gasteiger partial charge is 0.463 e. The molecule has 0 aromatic rings. The van der Waals surface area contributed by atoms with Gasteiger partial charge in [0.15, 0.2) is 6.10 Å². The van der Waals surface area contributed by atoms with E-state index in [1.807, 2.05) is 0 Å². The lowest BCUT2D eigenvalue weighted by atomic mass is 10.0. The van der Waals surface area contributed by atoms with Gasteiger partial charge in [-0.25, -0.2) is 9.13 Å². The van der Waals surface area contributed by atoms with Crippen LogP contribution < -0.4 is 0 Å². The van der Waals surface area contributed by atoms with Crippen LogP contribution in [0.25, 0.3) is 0 Å². The Bertz CT molecular complexity index is 2540. The first-order chi connectivity index (χ1) is 51.2. The molecule has 4 N–H and O–H groups in total. The molecule has 0 radical (unpaired) electrons. The molecule has 0 aliphatic heterocycles. The van der Waals surface area contributed by atoms with Gasteiger partial charge in [0.1, 0.15) is 25.4 Å². The van der Waals surface area contributed by atoms with Gasteiger partial charge < -0.3 is 34.2 Å². The van der Waals surface area contributed by atoms with Crippen molar-refractivity contribution in [2.45, 2.75) is 334 Å². The van der Waals surface area contributed by atoms with Crippen LogP contribution in [0.1, 0.15) is 316 Å². The third-order valence-corrected chi connectivity index (χ3v) is 18.6. The predicted molar refractivity (Wildman–Crippen MR) is 435 cm³/mol. The number of unbranched alkanes of at least 4 members (excludes halogenated alkanes) is 27. The number of ether oxygens (including phenoxy) is 3. The fourth-order valence-electron chi connectivity index (χ4n) is 10.6. The van der Waals surface area contributed by atoms with Crippen molar-refractivity contribution < 1.29 is 75.8 Å². The normalized spacial score (nSPS) is 14.8. The molecule has 16 nitrogen and oxygen atoms in total. The zero-order valence-corrected chi connectivity index (χ0v) is 67.4. The van der Waals surface area contributed by atoms with Crippen LogP contribution in [0.4, 0.5) is 0 Å². The quantitative estimate of drug-likeness (QED) is 0.0146. The first kappa shape index (κ1) is 100. The molecule has 0 aliphatic rings. The summed E-state index contributed by atoms with van der Waals surface area (Å²) in [5, 5.41) is 20.7. The molecule has 0 spiro atoms. The van der Waals surface area contributed by atoms with Crippen molar-refractivity contribution >= 4 is 33.6 Å². The summed E-state index contributed by atoms with van der Waals surface area (Å²) in [4.78, 5) is 58.7. The number of phosphoric ester groups is 2. The summed E-state index contributed by atoms with van der Waals surface area (Å²) in [6, 6.07) is 0. The summed E-state index contributed by atoms with van der Waals surface area (Å²) >= 11 is 0. The molecule has 600 valence electrons. The number of phosphoric acid groups is 2. The highest BCUT2D eigenvalue weighted by Gasteiger charge is 2.29. The Morgan fingerprint density at radius 1 is 0.276 bits per heavy atom. The minimum Gasteiger partial charge on any atom is -0.463 e. The number of carbonyl (C=O) groups excluding carboxylic acids is 3. The molecule has 0 amide bonds. The largest absolute Gasteiger partial charge is 0.472 e. The Labute approximate surface area is 638 Å². The summed E-state index contributed by atoms with van der Waals surface area (Å²) in [7, 11) is -9.81. The van der Waals surface area contributed by atoms with E-state index in [4.69, 9.17) is 32.3 Å². The van der Waals surface area contributed by atoms with Gasteiger partial charge in [0.25, 0.3) is 0 Å². The third kappa shape index (κ3) is 80.0. The van der Waals surface area contributed by atoms with Gasteiger partial charge in [0, 0.05) is 19.3 Å². The van der Waals surface area contributed by atoms with E-state index in [1.54, 1.807) is 0 Å². The summed E-state index contributed by atoms with van der Waals surface area (Å²) in [5.41, 5.74) is 0. The molecule has 0 saturated heterocycles. The molecule has 0 aliphatic carbocycles. The van der Waals surface area contributed by atoms with Crippen molar-refractivity contribution in [1.82, 2.24) is 0 Å². The number of allylic oxidation sites excluding steroid dienone is 26. The van der Waals surface area contributed by atoms with Crippen LogP contribution in [0.2, 0.25) is 0 Å². The molecule has 5 atom stereocenters. The van der Waals surface area contributed by atoms with E-state index in [1.165, 1.54) is 103 Å². The second kappa shape index (κ2) is 78.7. The molecule has 5 unspecified atom stereocenters. The van der Waals surface area contributed by atoms with E-state index >= 15 is 0 Å². The molecule has 105 heavy (non-hydrogen) atoms. The fraction of sp³-hybridized carbons (Fsp3) is 0.667. The fourth-order valence-corrected chi connectivity index (χ4v) is 12.2. The lowest BCUT2D eigenvalue weighted by Crippen LogP contribution is -2.30. The number of carbonyl (C=O) groups is 3. The summed E-state index contributed by atoms with van der Waals surface area (Å²) in [6.07, 6.45) is 98.7. The predicted octanol–water partition coefficient (Wildman–Crippen LogP) is 24.2. The van der Waals surface area contributed by atoms with Crippen molar-refractivity contribution in [2.24, 2.45) is 0 Å². The van der Waals surface area contributed by atoms with Gasteiger partial charge in [0.2, 0.25) is 0 Å². The zero-order valence-electron chi connectivity index (χ0n) is 65.6. The molecule has 18 heteroatoms. The lowest BCUT2D eigenvalue weighted by molar-refractivity contribution is -0.161. The van der Waals surface area contributed by atoms with Crippen LogP contribution in [-0.4, -0.2) is 95.9 Å². The Morgan fingerprint density at radius 3 is 0.829 bits per heavy atom. The summed E-state index contributed by atoms with van der Waals surface area (Å²) < 4.78 is 61.1. The first-order valence-electron chi connectivity index (χ1n) is 40.8. The van der Waals surface area contributed by atoms with Gasteiger partial charge >= 0.3 is 33.6 Å². The van der Waals surface area contributed by atoms with E-state index in [0.29, 0.717) is 19.3 Å². The van der Waals surface area contributed by atoms with E-state index in [2.05, 4.69) is 179 Å². The van der Waals surface area contributed by atoms with Crippen LogP contribution >= 0.6 is 15.6 Å². The highest BCUT2D eigenvalue weighted by Crippen LogP contribution is 2.45. The number of aliphatic hydroxyl groups excluding tert-OH is 2. The van der Waals surface area contributed by atoms with Gasteiger partial charge in [-0.15, -0.1) is 0 Å². The Balaban J connectivity index is 4.51. The van der Waals surface area contributed by atoms with E-state index in [-0.39, 0.29) is 19.3 Å². The third-order valence-electron chi connectivity index (χ3n) is 16.7. The maximum Gasteiger partial charge on any atom is 0.472 e. The Hall–Kier alpha value is -4.83. The number of hydrogen-bond donors (Lipinski definition) is 4. The van der Waals surface area contributed by atoms with Gasteiger partial charge in [0.05, 0.1) is 26.4 Å². The Kier molecular flexibility index (Phi) is 75.1. The van der Waals surface area contributed by atoms with E-state index in [0.717, 1.165) is 154 Å². The molecule has 0 aromatic heterocycles. The number of aliphatic hydroxyl groups is 2. The average Bonchev–Trinajstić information content (AvgIpc) is 0.940. The minimum absolute atomic E-state index is 0.0814. The van der Waals surface area contributed by atoms with Crippen LogP contribution in [-0.2, 0) is 55.8 Å². The highest BCUT2D eigenvalue weighted by atomic mass is 31.2. The standard InChI is InChI=1S/C87H146O16P2/c1-4-7-10-13-16-19-22-25-28-30-32-34-35-36-37-38-39-40-41-42-43-44-45-47-49-50-53-55-58-61-64-67-70-73-85(90)97-76-82(88)77-99-104(93,94)100-78-83(89)79-101-105(95,96)102-81-84(103-87(92)75-72-69-66-63-60-57-52-27-24-21-18-15-12-9-6-3)80-98-86(91)74-71-68-65-62-59-56-54-51-48-46-33-31-29-26-23-20-17-14-11-8-5-2/h7-8,10-11,16-17,19-20,25-29,32-34,36-37,39-40,46,51-52,54,59,62,82-84,88-89H,4-6,9,12-15,18,21-24,30-31,35,38,41-45,47-50,53,55-58,60-61,63-81H2,1-3H3,(H,93,94)(H,95,96)/b10-7-,11-8-,19-16-,20-17-,28-25-,29-26-,34-32-,37-36-,40-39-,46-33-,52-27-,54-51-,62-59-. The second-order valence-electron chi connectivity index (χ2n) is 26.8. The molecular formula is C87H146O16P2. The van der Waals surface area contributed by atoms with Crippen molar-refractivity contribution in [3.8, 4) is 0 Å². The summed E-state index contributed by atoms with van der Waals surface area (Å²) in [5.74, 6) is -1.64. The first-order valence-corrected chi connectivity index (χ1v) is 43.8. The van der Waals surface area contributed by atoms with Gasteiger partial charge in [-0.1, -0.05) is 307 Å². The molecule has 0 heterocycles. The maximum atomic E-state index is 13.0. The highest BCUT2D eigenvalue weighted by molar-refractivity contribution is 7.47. The average molecular weight is 1510 g/mol. The van der Waals surface area contributed by atoms with Crippen LogP contribution in [0.3, 0.4) is 0 Å². The van der Waals surface area contributed by atoms with E-state index in [9.17, 15) is 43.5 Å². The molecule has 0 saturated carbocycles. The Morgan fingerprint density at radius 2 is 0.505 bits per heavy atom. The van der Waals surface area contributed by atoms with Crippen molar-refractivity contribution in [3.63, 3.8) is 0 Å². The number of rotatable bonds is 76. The van der Waals surface area contributed by atoms with Gasteiger partial charge in [-0.3, -0.25) is 32.5 Å². The van der Waals surface area contributed by atoms with Crippen molar-refractivity contribution in [2.75, 3.05) is 39.6 Å². The molecular weight excluding hydrogens is 1360 g/mol. The zero-order chi connectivity index (χ0) is 76.6. The topological polar surface area (TPSA) is 231 Å². The minimum atomic E-state index is -4.95. The molecule has 0 aromatic carbocycles. The molecule has 0 fully saturated rings. The van der Waals surface area contributed by atoms with Gasteiger partial charge in [-0.2, -0.15) is 0 Å². The number of esters is 3.